The van der Waals surface area contributed by atoms with E-state index < -0.39 is 4.92 Å². The van der Waals surface area contributed by atoms with Crippen molar-refractivity contribution in [1.29, 1.82) is 0 Å². The van der Waals surface area contributed by atoms with Crippen molar-refractivity contribution >= 4 is 29.0 Å². The van der Waals surface area contributed by atoms with E-state index in [9.17, 15) is 14.9 Å². The highest BCUT2D eigenvalue weighted by Crippen LogP contribution is 2.18. The van der Waals surface area contributed by atoms with E-state index in [4.69, 9.17) is 0 Å². The molecule has 0 saturated heterocycles. The maximum Gasteiger partial charge on any atom is 0.276 e. The van der Waals surface area contributed by atoms with Gasteiger partial charge in [-0.05, 0) is 19.1 Å². The zero-order valence-corrected chi connectivity index (χ0v) is 12.1. The zero-order chi connectivity index (χ0) is 15.2. The zero-order valence-electron chi connectivity index (χ0n) is 11.3. The molecule has 0 aliphatic carbocycles. The van der Waals surface area contributed by atoms with Crippen LogP contribution in [0.5, 0.6) is 0 Å². The Balaban J connectivity index is 1.97. The Labute approximate surface area is 125 Å². The Morgan fingerprint density at radius 2 is 2.24 bits per heavy atom. The summed E-state index contributed by atoms with van der Waals surface area (Å²) in [6, 6.07) is 6.26. The smallest absolute Gasteiger partial charge is 0.276 e. The number of hydrogen-bond acceptors (Lipinski definition) is 5. The summed E-state index contributed by atoms with van der Waals surface area (Å²) in [6.45, 7) is 2.29. The summed E-state index contributed by atoms with van der Waals surface area (Å²) in [5, 5.41) is 14.5. The molecule has 108 valence electrons. The van der Waals surface area contributed by atoms with Crippen LogP contribution < -0.4 is 5.32 Å². The Morgan fingerprint density at radius 1 is 1.48 bits per heavy atom. The number of carbonyl (C=O) groups excluding carboxylic acids is 1. The van der Waals surface area contributed by atoms with Crippen LogP contribution >= 0.6 is 11.3 Å². The number of benzene rings is 1. The summed E-state index contributed by atoms with van der Waals surface area (Å²) in [6.07, 6.45) is 4.44. The Hall–Kier alpha value is -2.54. The Kier molecular flexibility index (Phi) is 4.78. The molecule has 0 saturated carbocycles. The molecule has 0 fully saturated rings. The quantitative estimate of drug-likeness (QED) is 0.523. The molecule has 0 spiro atoms. The van der Waals surface area contributed by atoms with Crippen molar-refractivity contribution in [1.82, 2.24) is 10.3 Å². The molecule has 0 aliphatic rings. The molecule has 1 aromatic carbocycles. The second-order valence-corrected chi connectivity index (χ2v) is 5.53. The van der Waals surface area contributed by atoms with E-state index in [1.807, 2.05) is 6.92 Å². The van der Waals surface area contributed by atoms with Crippen molar-refractivity contribution in [3.8, 4) is 0 Å². The average molecular weight is 303 g/mol. The highest BCUT2D eigenvalue weighted by Gasteiger charge is 2.09. The van der Waals surface area contributed by atoms with Crippen LogP contribution in [0.4, 0.5) is 5.69 Å². The van der Waals surface area contributed by atoms with E-state index in [2.05, 4.69) is 10.3 Å². The molecule has 21 heavy (non-hydrogen) atoms. The van der Waals surface area contributed by atoms with Gasteiger partial charge in [0.15, 0.2) is 0 Å². The second kappa shape index (κ2) is 6.76. The van der Waals surface area contributed by atoms with Gasteiger partial charge in [0.05, 0.1) is 22.0 Å². The van der Waals surface area contributed by atoms with Crippen LogP contribution in [0.15, 0.2) is 36.5 Å². The normalized spacial score (nSPS) is 10.7. The van der Waals surface area contributed by atoms with E-state index in [1.165, 1.54) is 29.6 Å². The van der Waals surface area contributed by atoms with Crippen LogP contribution in [-0.4, -0.2) is 15.8 Å². The van der Waals surface area contributed by atoms with Crippen LogP contribution in [0.25, 0.3) is 6.08 Å². The fraction of sp³-hybridized carbons (Fsp3) is 0.143. The molecular weight excluding hydrogens is 290 g/mol. The number of aromatic nitrogens is 1. The molecule has 0 atom stereocenters. The average Bonchev–Trinajstić information content (AvgIpc) is 2.88. The highest BCUT2D eigenvalue weighted by atomic mass is 32.1. The summed E-state index contributed by atoms with van der Waals surface area (Å²) in [5.74, 6) is -0.306. The monoisotopic (exact) mass is 303 g/mol. The molecule has 0 unspecified atom stereocenters. The summed E-state index contributed by atoms with van der Waals surface area (Å²) < 4.78 is 0. The maximum absolute atomic E-state index is 11.7. The minimum absolute atomic E-state index is 0.0281. The van der Waals surface area contributed by atoms with E-state index in [0.717, 1.165) is 9.88 Å². The Morgan fingerprint density at radius 3 is 2.90 bits per heavy atom. The lowest BCUT2D eigenvalue weighted by Gasteiger charge is -1.99. The van der Waals surface area contributed by atoms with Gasteiger partial charge in [-0.25, -0.2) is 4.98 Å². The molecule has 1 aromatic heterocycles. The molecule has 6 nitrogen and oxygen atoms in total. The van der Waals surface area contributed by atoms with Crippen molar-refractivity contribution in [2.45, 2.75) is 13.5 Å². The van der Waals surface area contributed by atoms with E-state index >= 15 is 0 Å². The molecule has 2 aromatic rings. The first-order valence-corrected chi connectivity index (χ1v) is 6.98. The number of rotatable bonds is 5. The molecule has 0 aliphatic heterocycles. The van der Waals surface area contributed by atoms with Crippen molar-refractivity contribution in [3.05, 3.63) is 62.1 Å². The lowest BCUT2D eigenvalue weighted by Crippen LogP contribution is -2.19. The first kappa shape index (κ1) is 14.9. The fourth-order valence-electron chi connectivity index (χ4n) is 1.68. The predicted molar refractivity (Wildman–Crippen MR) is 80.8 cm³/mol. The number of hydrogen-bond donors (Lipinski definition) is 1. The largest absolute Gasteiger partial charge is 0.348 e. The number of nitrogens with one attached hydrogen (secondary N) is 1. The van der Waals surface area contributed by atoms with Gasteiger partial charge < -0.3 is 5.32 Å². The fourth-order valence-corrected chi connectivity index (χ4v) is 2.42. The lowest BCUT2D eigenvalue weighted by molar-refractivity contribution is -0.385. The van der Waals surface area contributed by atoms with E-state index in [1.54, 1.807) is 24.4 Å². The number of nitrogens with zero attached hydrogens (tertiary/aromatic N) is 2. The number of amides is 1. The van der Waals surface area contributed by atoms with Crippen molar-refractivity contribution in [2.24, 2.45) is 0 Å². The third-order valence-corrected chi connectivity index (χ3v) is 3.57. The van der Waals surface area contributed by atoms with Gasteiger partial charge >= 0.3 is 0 Å². The van der Waals surface area contributed by atoms with Crippen LogP contribution in [0.2, 0.25) is 0 Å². The SMILES string of the molecule is Cc1ncc(CNC(=O)C=Cc2ccccc2[N+](=O)[O-])s1. The van der Waals surface area contributed by atoms with Gasteiger partial charge in [-0.1, -0.05) is 12.1 Å². The summed E-state index contributed by atoms with van der Waals surface area (Å²) in [5.41, 5.74) is 0.367. The summed E-state index contributed by atoms with van der Waals surface area (Å²) in [7, 11) is 0. The molecular formula is C14H13N3O3S. The van der Waals surface area contributed by atoms with Gasteiger partial charge in [0.25, 0.3) is 5.69 Å². The van der Waals surface area contributed by atoms with Crippen molar-refractivity contribution in [3.63, 3.8) is 0 Å². The van der Waals surface area contributed by atoms with Crippen LogP contribution in [0.3, 0.4) is 0 Å². The number of carbonyl (C=O) groups is 1. The van der Waals surface area contributed by atoms with Crippen LogP contribution in [-0.2, 0) is 11.3 Å². The third kappa shape index (κ3) is 4.22. The predicted octanol–water partition coefficient (Wildman–Crippen LogP) is 2.69. The van der Waals surface area contributed by atoms with E-state index in [-0.39, 0.29) is 11.6 Å². The second-order valence-electron chi connectivity index (χ2n) is 4.21. The van der Waals surface area contributed by atoms with Gasteiger partial charge in [-0.2, -0.15) is 0 Å². The summed E-state index contributed by atoms with van der Waals surface area (Å²) in [4.78, 5) is 27.1. The lowest BCUT2D eigenvalue weighted by atomic mass is 10.1. The summed E-state index contributed by atoms with van der Waals surface area (Å²) >= 11 is 1.51. The van der Waals surface area contributed by atoms with Crippen molar-refractivity contribution in [2.75, 3.05) is 0 Å². The van der Waals surface area contributed by atoms with Gasteiger partial charge in [-0.3, -0.25) is 14.9 Å². The number of thiazole rings is 1. The Bertz CT molecular complexity index is 694. The molecule has 7 heteroatoms. The number of aryl methyl sites for hydroxylation is 1. The van der Waals surface area contributed by atoms with Crippen LogP contribution in [0, 0.1) is 17.0 Å². The first-order chi connectivity index (χ1) is 10.1. The molecule has 1 heterocycles. The number of para-hydroxylation sites is 1. The number of nitro groups is 1. The molecule has 1 N–H and O–H groups in total. The van der Waals surface area contributed by atoms with Gasteiger partial charge in [0, 0.05) is 23.2 Å². The van der Waals surface area contributed by atoms with E-state index in [0.29, 0.717) is 12.1 Å². The van der Waals surface area contributed by atoms with Gasteiger partial charge in [-0.15, -0.1) is 11.3 Å². The van der Waals surface area contributed by atoms with Gasteiger partial charge in [0.2, 0.25) is 5.91 Å². The third-order valence-electron chi connectivity index (χ3n) is 2.65. The minimum atomic E-state index is -0.475. The maximum atomic E-state index is 11.7. The standard InChI is InChI=1S/C14H13N3O3S/c1-10-15-8-12(21-10)9-16-14(18)7-6-11-4-2-3-5-13(11)17(19)20/h2-8H,9H2,1H3,(H,16,18). The van der Waals surface area contributed by atoms with Gasteiger partial charge in [0.1, 0.15) is 0 Å². The molecule has 2 rings (SSSR count). The molecule has 0 bridgehead atoms. The highest BCUT2D eigenvalue weighted by molar-refractivity contribution is 7.11. The first-order valence-electron chi connectivity index (χ1n) is 6.17. The van der Waals surface area contributed by atoms with Crippen molar-refractivity contribution < 1.29 is 9.72 Å². The number of nitro benzene ring substituents is 1. The molecule has 1 amide bonds. The molecule has 0 radical (unpaired) electrons. The van der Waals surface area contributed by atoms with Crippen LogP contribution in [0.1, 0.15) is 15.4 Å². The minimum Gasteiger partial charge on any atom is -0.348 e. The topological polar surface area (TPSA) is 85.1 Å².